The van der Waals surface area contributed by atoms with E-state index in [1.54, 1.807) is 31.2 Å². The molecule has 0 bridgehead atoms. The largest absolute Gasteiger partial charge is 0.489 e. The van der Waals surface area contributed by atoms with Crippen LogP contribution in [0.5, 0.6) is 5.75 Å². The van der Waals surface area contributed by atoms with Crippen molar-refractivity contribution in [2.24, 2.45) is 0 Å². The van der Waals surface area contributed by atoms with Crippen molar-refractivity contribution in [3.8, 4) is 16.9 Å². The van der Waals surface area contributed by atoms with Gasteiger partial charge in [0.25, 0.3) is 0 Å². The fourth-order valence-electron chi connectivity index (χ4n) is 3.15. The van der Waals surface area contributed by atoms with Crippen molar-refractivity contribution >= 4 is 38.5 Å². The zero-order chi connectivity index (χ0) is 20.5. The zero-order valence-corrected chi connectivity index (χ0v) is 17.7. The summed E-state index contributed by atoms with van der Waals surface area (Å²) in [6.07, 6.45) is 0. The van der Waals surface area contributed by atoms with Gasteiger partial charge in [-0.3, -0.25) is 4.79 Å². The van der Waals surface area contributed by atoms with Gasteiger partial charge < -0.3 is 9.15 Å². The minimum Gasteiger partial charge on any atom is -0.489 e. The molecule has 0 saturated heterocycles. The molecule has 29 heavy (non-hydrogen) atoms. The van der Waals surface area contributed by atoms with Crippen LogP contribution in [-0.4, -0.2) is 0 Å². The molecule has 3 nitrogen and oxygen atoms in total. The average Bonchev–Trinajstić information content (AvgIpc) is 2.69. The molecule has 6 heteroatoms. The van der Waals surface area contributed by atoms with Crippen molar-refractivity contribution in [2.75, 3.05) is 0 Å². The van der Waals surface area contributed by atoms with E-state index in [0.29, 0.717) is 33.1 Å². The van der Waals surface area contributed by atoms with Crippen LogP contribution in [0, 0.1) is 12.7 Å². The first-order valence-corrected chi connectivity index (χ1v) is 10.0. The van der Waals surface area contributed by atoms with Crippen LogP contribution in [-0.2, 0) is 6.61 Å². The van der Waals surface area contributed by atoms with Gasteiger partial charge >= 0.3 is 0 Å². The number of hydrogen-bond acceptors (Lipinski definition) is 3. The van der Waals surface area contributed by atoms with E-state index in [0.717, 1.165) is 10.0 Å². The maximum absolute atomic E-state index is 13.9. The predicted octanol–water partition coefficient (Wildman–Crippen LogP) is 6.90. The highest BCUT2D eigenvalue weighted by molar-refractivity contribution is 9.10. The summed E-state index contributed by atoms with van der Waals surface area (Å²) in [4.78, 5) is 13.0. The molecule has 0 spiro atoms. The fourth-order valence-corrected chi connectivity index (χ4v) is 3.63. The Morgan fingerprint density at radius 3 is 2.59 bits per heavy atom. The zero-order valence-electron chi connectivity index (χ0n) is 15.3. The molecular weight excluding hydrogens is 459 g/mol. The molecule has 4 aromatic rings. The summed E-state index contributed by atoms with van der Waals surface area (Å²) in [5.74, 6) is 0.537. The number of halogens is 3. The molecule has 1 heterocycles. The molecule has 0 saturated carbocycles. The number of hydrogen-bond donors (Lipinski definition) is 0. The third-order valence-electron chi connectivity index (χ3n) is 4.62. The number of benzene rings is 3. The highest BCUT2D eigenvalue weighted by Gasteiger charge is 2.15. The Kier molecular flexibility index (Phi) is 5.43. The molecule has 4 rings (SSSR count). The van der Waals surface area contributed by atoms with E-state index in [1.165, 1.54) is 12.1 Å². The second kappa shape index (κ2) is 8.01. The van der Waals surface area contributed by atoms with Gasteiger partial charge in [-0.15, -0.1) is 0 Å². The number of aryl methyl sites for hydroxylation is 1. The van der Waals surface area contributed by atoms with Crippen LogP contribution >= 0.6 is 27.5 Å². The van der Waals surface area contributed by atoms with E-state index in [2.05, 4.69) is 15.9 Å². The number of ether oxygens (including phenoxy) is 1. The minimum absolute atomic E-state index is 0.0306. The van der Waals surface area contributed by atoms with Gasteiger partial charge in [-0.05, 0) is 48.9 Å². The Morgan fingerprint density at radius 1 is 1.10 bits per heavy atom. The molecule has 0 N–H and O–H groups in total. The van der Waals surface area contributed by atoms with E-state index < -0.39 is 5.82 Å². The van der Waals surface area contributed by atoms with Gasteiger partial charge in [0.05, 0.1) is 16.0 Å². The van der Waals surface area contributed by atoms with Crippen molar-refractivity contribution in [2.45, 2.75) is 13.5 Å². The molecule has 0 aliphatic carbocycles. The van der Waals surface area contributed by atoms with E-state index in [-0.39, 0.29) is 17.6 Å². The molecule has 0 amide bonds. The third kappa shape index (κ3) is 3.93. The van der Waals surface area contributed by atoms with Gasteiger partial charge in [0.2, 0.25) is 5.43 Å². The van der Waals surface area contributed by atoms with Gasteiger partial charge in [0.1, 0.15) is 29.5 Å². The Morgan fingerprint density at radius 2 is 1.86 bits per heavy atom. The summed E-state index contributed by atoms with van der Waals surface area (Å²) in [5, 5.41) is 0.747. The summed E-state index contributed by atoms with van der Waals surface area (Å²) in [7, 11) is 0. The van der Waals surface area contributed by atoms with Gasteiger partial charge in [-0.1, -0.05) is 45.7 Å². The summed E-state index contributed by atoms with van der Waals surface area (Å²) >= 11 is 9.43. The van der Waals surface area contributed by atoms with Crippen LogP contribution in [0.4, 0.5) is 4.39 Å². The topological polar surface area (TPSA) is 39.4 Å². The second-order valence-electron chi connectivity index (χ2n) is 6.52. The first kappa shape index (κ1) is 19.7. The summed E-state index contributed by atoms with van der Waals surface area (Å²) < 4.78 is 26.4. The second-order valence-corrected chi connectivity index (χ2v) is 7.84. The minimum atomic E-state index is -0.431. The normalized spacial score (nSPS) is 11.0. The van der Waals surface area contributed by atoms with Crippen LogP contribution in [0.2, 0.25) is 5.02 Å². The quantitative estimate of drug-likeness (QED) is 0.323. The summed E-state index contributed by atoms with van der Waals surface area (Å²) in [6, 6.07) is 16.9. The molecular formula is C23H15BrClFO3. The molecule has 0 atom stereocenters. The fraction of sp³-hybridized carbons (Fsp3) is 0.0870. The predicted molar refractivity (Wildman–Crippen MR) is 116 cm³/mol. The van der Waals surface area contributed by atoms with Crippen LogP contribution in [0.15, 0.2) is 74.3 Å². The van der Waals surface area contributed by atoms with Crippen LogP contribution in [0.25, 0.3) is 22.1 Å². The number of rotatable bonds is 4. The van der Waals surface area contributed by atoms with Gasteiger partial charge in [-0.25, -0.2) is 4.39 Å². The van der Waals surface area contributed by atoms with E-state index in [9.17, 15) is 9.18 Å². The summed E-state index contributed by atoms with van der Waals surface area (Å²) in [6.45, 7) is 1.72. The van der Waals surface area contributed by atoms with Crippen molar-refractivity contribution in [1.82, 2.24) is 0 Å². The Balaban J connectivity index is 1.69. The maximum Gasteiger partial charge on any atom is 0.200 e. The lowest BCUT2D eigenvalue weighted by molar-refractivity contribution is 0.300. The van der Waals surface area contributed by atoms with Crippen LogP contribution in [0.1, 0.15) is 11.3 Å². The molecule has 0 aliphatic heterocycles. The van der Waals surface area contributed by atoms with E-state index in [1.807, 2.05) is 24.3 Å². The molecule has 146 valence electrons. The van der Waals surface area contributed by atoms with Gasteiger partial charge in [0, 0.05) is 16.1 Å². The van der Waals surface area contributed by atoms with E-state index in [4.69, 9.17) is 20.8 Å². The molecule has 0 unspecified atom stereocenters. The van der Waals surface area contributed by atoms with E-state index >= 15 is 0 Å². The summed E-state index contributed by atoms with van der Waals surface area (Å²) in [5.41, 5.74) is 1.88. The van der Waals surface area contributed by atoms with Gasteiger partial charge in [-0.2, -0.15) is 0 Å². The SMILES string of the molecule is Cc1oc2cc(OCc3c(F)cccc3Cl)ccc2c(=O)c1-c1ccc(Br)cc1. The first-order valence-electron chi connectivity index (χ1n) is 8.83. The number of fused-ring (bicyclic) bond motifs is 1. The lowest BCUT2D eigenvalue weighted by Crippen LogP contribution is -2.07. The highest BCUT2D eigenvalue weighted by Crippen LogP contribution is 2.28. The van der Waals surface area contributed by atoms with Crippen molar-refractivity contribution in [1.29, 1.82) is 0 Å². The maximum atomic E-state index is 13.9. The molecule has 3 aromatic carbocycles. The molecule has 1 aromatic heterocycles. The van der Waals surface area contributed by atoms with Crippen LogP contribution < -0.4 is 10.2 Å². The molecule has 0 aliphatic rings. The third-order valence-corrected chi connectivity index (χ3v) is 5.50. The lowest BCUT2D eigenvalue weighted by atomic mass is 10.0. The first-order chi connectivity index (χ1) is 13.9. The van der Waals surface area contributed by atoms with Crippen LogP contribution in [0.3, 0.4) is 0 Å². The van der Waals surface area contributed by atoms with Crippen molar-refractivity contribution in [3.63, 3.8) is 0 Å². The van der Waals surface area contributed by atoms with Crippen molar-refractivity contribution < 1.29 is 13.5 Å². The van der Waals surface area contributed by atoms with Gasteiger partial charge in [0.15, 0.2) is 0 Å². The highest BCUT2D eigenvalue weighted by atomic mass is 79.9. The lowest BCUT2D eigenvalue weighted by Gasteiger charge is -2.11. The Hall–Kier alpha value is -2.63. The monoisotopic (exact) mass is 472 g/mol. The molecule has 0 radical (unpaired) electrons. The smallest absolute Gasteiger partial charge is 0.200 e. The average molecular weight is 474 g/mol. The Bertz CT molecular complexity index is 1250. The standard InChI is InChI=1S/C23H15BrClFO3/c1-13-22(14-5-7-15(24)8-6-14)23(27)17-10-9-16(11-21(17)29-13)28-12-18-19(25)3-2-4-20(18)26/h2-11H,12H2,1H3. The molecule has 0 fully saturated rings. The van der Waals surface area contributed by atoms with Crippen molar-refractivity contribution in [3.05, 3.63) is 97.5 Å². The Labute approximate surface area is 179 Å².